The van der Waals surface area contributed by atoms with E-state index < -0.39 is 12.6 Å². The van der Waals surface area contributed by atoms with Gasteiger partial charge in [0.2, 0.25) is 0 Å². The highest BCUT2D eigenvalue weighted by molar-refractivity contribution is 9.10. The molecule has 0 heterocycles. The highest BCUT2D eigenvalue weighted by Crippen LogP contribution is 2.27. The van der Waals surface area contributed by atoms with E-state index >= 15 is 0 Å². The Kier molecular flexibility index (Phi) is 6.21. The monoisotopic (exact) mass is 340 g/mol. The van der Waals surface area contributed by atoms with E-state index in [-0.39, 0.29) is 24.4 Å². The average molecular weight is 341 g/mol. The van der Waals surface area contributed by atoms with Gasteiger partial charge in [-0.25, -0.2) is 0 Å². The van der Waals surface area contributed by atoms with Crippen molar-refractivity contribution in [3.8, 4) is 0 Å². The van der Waals surface area contributed by atoms with Gasteiger partial charge in [-0.15, -0.1) is 11.8 Å². The molecule has 1 rings (SSSR count). The summed E-state index contributed by atoms with van der Waals surface area (Å²) in [5.41, 5.74) is 0. The second kappa shape index (κ2) is 7.19. The van der Waals surface area contributed by atoms with E-state index in [4.69, 9.17) is 0 Å². The van der Waals surface area contributed by atoms with Gasteiger partial charge in [-0.3, -0.25) is 4.79 Å². The summed E-state index contributed by atoms with van der Waals surface area (Å²) in [6, 6.07) is 7.43. The number of thioether (sulfide) groups is 1. The van der Waals surface area contributed by atoms with Crippen molar-refractivity contribution in [3.63, 3.8) is 0 Å². The van der Waals surface area contributed by atoms with Crippen molar-refractivity contribution in [2.45, 2.75) is 30.3 Å². The van der Waals surface area contributed by atoms with E-state index in [9.17, 15) is 18.0 Å². The number of carbonyl (C=O) groups is 1. The summed E-state index contributed by atoms with van der Waals surface area (Å²) >= 11 is 4.68. The number of rotatable bonds is 6. The van der Waals surface area contributed by atoms with E-state index in [1.165, 1.54) is 11.8 Å². The van der Waals surface area contributed by atoms with Gasteiger partial charge < -0.3 is 0 Å². The van der Waals surface area contributed by atoms with Gasteiger partial charge in [0, 0.05) is 22.2 Å². The molecule has 6 heteroatoms. The standard InChI is InChI=1S/C12H12BrF3OS/c13-10-5-1-2-6-11(10)18-8-9(17)4-3-7-12(14,15)16/h1-2,5-6H,3-4,7-8H2. The predicted octanol–water partition coefficient (Wildman–Crippen LogP) is 4.84. The molecule has 1 nitrogen and oxygen atoms in total. The first-order valence-electron chi connectivity index (χ1n) is 5.34. The zero-order valence-electron chi connectivity index (χ0n) is 9.47. The zero-order valence-corrected chi connectivity index (χ0v) is 11.9. The van der Waals surface area contributed by atoms with Gasteiger partial charge in [-0.1, -0.05) is 12.1 Å². The number of ketones is 1. The lowest BCUT2D eigenvalue weighted by molar-refractivity contribution is -0.136. The third-order valence-electron chi connectivity index (χ3n) is 2.14. The molecule has 100 valence electrons. The Hall–Kier alpha value is -0.490. The Morgan fingerprint density at radius 3 is 2.56 bits per heavy atom. The Labute approximate surface area is 116 Å². The molecule has 0 aromatic heterocycles. The predicted molar refractivity (Wildman–Crippen MR) is 69.8 cm³/mol. The van der Waals surface area contributed by atoms with Gasteiger partial charge >= 0.3 is 6.18 Å². The maximum absolute atomic E-state index is 11.9. The van der Waals surface area contributed by atoms with Gasteiger partial charge in [0.15, 0.2) is 0 Å². The normalized spacial score (nSPS) is 11.6. The maximum Gasteiger partial charge on any atom is 0.389 e. The number of carbonyl (C=O) groups excluding carboxylic acids is 1. The lowest BCUT2D eigenvalue weighted by Crippen LogP contribution is -2.09. The molecule has 18 heavy (non-hydrogen) atoms. The van der Waals surface area contributed by atoms with Gasteiger partial charge in [-0.2, -0.15) is 13.2 Å². The topological polar surface area (TPSA) is 17.1 Å². The van der Waals surface area contributed by atoms with Crippen LogP contribution in [0.25, 0.3) is 0 Å². The molecule has 1 aromatic carbocycles. The summed E-state index contributed by atoms with van der Waals surface area (Å²) in [5, 5.41) is 0. The number of hydrogen-bond donors (Lipinski definition) is 0. The van der Waals surface area contributed by atoms with Crippen molar-refractivity contribution in [3.05, 3.63) is 28.7 Å². The minimum atomic E-state index is -4.17. The van der Waals surface area contributed by atoms with Crippen LogP contribution in [0.5, 0.6) is 0 Å². The summed E-state index contributed by atoms with van der Waals surface area (Å²) in [6.45, 7) is 0. The van der Waals surface area contributed by atoms with Gasteiger partial charge in [0.1, 0.15) is 5.78 Å². The number of alkyl halides is 3. The fourth-order valence-electron chi connectivity index (χ4n) is 1.28. The molecule has 0 aliphatic rings. The average Bonchev–Trinajstić information content (AvgIpc) is 2.26. The molecule has 0 spiro atoms. The van der Waals surface area contributed by atoms with Gasteiger partial charge in [0.25, 0.3) is 0 Å². The molecule has 0 radical (unpaired) electrons. The molecule has 0 atom stereocenters. The summed E-state index contributed by atoms with van der Waals surface area (Å²) in [6.07, 6.45) is -5.20. The van der Waals surface area contributed by atoms with E-state index in [1.807, 2.05) is 24.3 Å². The van der Waals surface area contributed by atoms with Crippen LogP contribution in [0.1, 0.15) is 19.3 Å². The van der Waals surface area contributed by atoms with Crippen LogP contribution in [0.3, 0.4) is 0 Å². The Bertz CT molecular complexity index is 407. The lowest BCUT2D eigenvalue weighted by atomic mass is 10.2. The second-order valence-electron chi connectivity index (χ2n) is 3.73. The van der Waals surface area contributed by atoms with E-state index in [0.29, 0.717) is 0 Å². The second-order valence-corrected chi connectivity index (χ2v) is 5.60. The van der Waals surface area contributed by atoms with Crippen molar-refractivity contribution in [2.75, 3.05) is 5.75 Å². The van der Waals surface area contributed by atoms with Crippen molar-refractivity contribution in [2.24, 2.45) is 0 Å². The van der Waals surface area contributed by atoms with Crippen molar-refractivity contribution < 1.29 is 18.0 Å². The number of benzene rings is 1. The van der Waals surface area contributed by atoms with Crippen LogP contribution in [0.4, 0.5) is 13.2 Å². The summed E-state index contributed by atoms with van der Waals surface area (Å²) in [4.78, 5) is 12.3. The van der Waals surface area contributed by atoms with E-state index in [0.717, 1.165) is 9.37 Å². The Morgan fingerprint density at radius 2 is 1.94 bits per heavy atom. The highest BCUT2D eigenvalue weighted by atomic mass is 79.9. The minimum Gasteiger partial charge on any atom is -0.299 e. The maximum atomic E-state index is 11.9. The molecule has 1 aromatic rings. The molecule has 0 aliphatic heterocycles. The molecule has 0 aliphatic carbocycles. The van der Waals surface area contributed by atoms with Crippen LogP contribution in [0.2, 0.25) is 0 Å². The first-order chi connectivity index (χ1) is 8.38. The SMILES string of the molecule is O=C(CCCC(F)(F)F)CSc1ccccc1Br. The van der Waals surface area contributed by atoms with Crippen LogP contribution in [0.15, 0.2) is 33.6 Å². The van der Waals surface area contributed by atoms with Crippen LogP contribution >= 0.6 is 27.7 Å². The number of hydrogen-bond acceptors (Lipinski definition) is 2. The number of halogens is 4. The van der Waals surface area contributed by atoms with Gasteiger partial charge in [-0.05, 0) is 34.5 Å². The third-order valence-corrected chi connectivity index (χ3v) is 4.23. The van der Waals surface area contributed by atoms with Crippen molar-refractivity contribution in [1.29, 1.82) is 0 Å². The summed E-state index contributed by atoms with van der Waals surface area (Å²) in [5.74, 6) is 0.0560. The Balaban J connectivity index is 2.28. The Morgan fingerprint density at radius 1 is 1.28 bits per heavy atom. The molecule has 0 saturated heterocycles. The van der Waals surface area contributed by atoms with Gasteiger partial charge in [0.05, 0.1) is 5.75 Å². The molecule has 0 fully saturated rings. The largest absolute Gasteiger partial charge is 0.389 e. The van der Waals surface area contributed by atoms with Crippen LogP contribution in [-0.4, -0.2) is 17.7 Å². The third kappa shape index (κ3) is 6.44. The smallest absolute Gasteiger partial charge is 0.299 e. The minimum absolute atomic E-state index is 0.0169. The van der Waals surface area contributed by atoms with Crippen molar-refractivity contribution in [1.82, 2.24) is 0 Å². The zero-order chi connectivity index (χ0) is 13.6. The summed E-state index contributed by atoms with van der Waals surface area (Å²) < 4.78 is 36.5. The molecule has 0 saturated carbocycles. The molecule has 0 amide bonds. The van der Waals surface area contributed by atoms with E-state index in [2.05, 4.69) is 15.9 Å². The molecular formula is C12H12BrF3OS. The molecular weight excluding hydrogens is 329 g/mol. The fraction of sp³-hybridized carbons (Fsp3) is 0.417. The first kappa shape index (κ1) is 15.6. The van der Waals surface area contributed by atoms with Crippen molar-refractivity contribution >= 4 is 33.5 Å². The van der Waals surface area contributed by atoms with Crippen LogP contribution < -0.4 is 0 Å². The first-order valence-corrected chi connectivity index (χ1v) is 7.12. The van der Waals surface area contributed by atoms with Crippen LogP contribution in [0, 0.1) is 0 Å². The van der Waals surface area contributed by atoms with E-state index in [1.54, 1.807) is 0 Å². The molecule has 0 N–H and O–H groups in total. The lowest BCUT2D eigenvalue weighted by Gasteiger charge is -2.06. The molecule has 0 bridgehead atoms. The highest BCUT2D eigenvalue weighted by Gasteiger charge is 2.26. The summed E-state index contributed by atoms with van der Waals surface area (Å²) in [7, 11) is 0. The number of Topliss-reactive ketones (excluding diaryl/α,β-unsaturated/α-hetero) is 1. The fourth-order valence-corrected chi connectivity index (χ4v) is 2.75. The molecule has 0 unspecified atom stereocenters. The van der Waals surface area contributed by atoms with Crippen LogP contribution in [-0.2, 0) is 4.79 Å². The quantitative estimate of drug-likeness (QED) is 0.689.